The second-order valence-electron chi connectivity index (χ2n) is 7.33. The Kier molecular flexibility index (Phi) is 5.89. The highest BCUT2D eigenvalue weighted by Gasteiger charge is 2.47. The molecule has 0 radical (unpaired) electrons. The van der Waals surface area contributed by atoms with Gasteiger partial charge < -0.3 is 24.3 Å². The summed E-state index contributed by atoms with van der Waals surface area (Å²) in [5.74, 6) is 0.0522. The second kappa shape index (κ2) is 8.78. The first-order chi connectivity index (χ1) is 15.5. The average molecular weight is 440 g/mol. The smallest absolute Gasteiger partial charge is 0.344 e. The number of carbonyl (C=O) groups excluding carboxylic acids is 3. The van der Waals surface area contributed by atoms with Gasteiger partial charge in [0, 0.05) is 17.7 Å². The van der Waals surface area contributed by atoms with Crippen LogP contribution in [0.2, 0.25) is 0 Å². The lowest BCUT2D eigenvalue weighted by atomic mass is 10.1. The number of esters is 1. The Morgan fingerprint density at radius 3 is 2.53 bits per heavy atom. The van der Waals surface area contributed by atoms with Gasteiger partial charge in [-0.05, 0) is 49.7 Å². The van der Waals surface area contributed by atoms with Crippen LogP contribution in [0.3, 0.4) is 0 Å². The van der Waals surface area contributed by atoms with Gasteiger partial charge in [-0.2, -0.15) is 0 Å². The number of nitrogens with zero attached hydrogens (tertiary/aromatic N) is 1. The summed E-state index contributed by atoms with van der Waals surface area (Å²) in [6.07, 6.45) is -0.514. The Hall–Kier alpha value is -3.75. The van der Waals surface area contributed by atoms with Crippen molar-refractivity contribution in [1.82, 2.24) is 4.90 Å². The molecule has 2 amide bonds. The summed E-state index contributed by atoms with van der Waals surface area (Å²) in [6, 6.07) is 9.47. The van der Waals surface area contributed by atoms with Crippen molar-refractivity contribution in [2.45, 2.75) is 32.0 Å². The summed E-state index contributed by atoms with van der Waals surface area (Å²) in [6.45, 7) is 2.43. The van der Waals surface area contributed by atoms with Crippen LogP contribution in [0.25, 0.3) is 0 Å². The number of rotatable bonds is 7. The largest absolute Gasteiger partial charge is 0.494 e. The van der Waals surface area contributed by atoms with Crippen molar-refractivity contribution in [3.63, 3.8) is 0 Å². The van der Waals surface area contributed by atoms with Crippen LogP contribution in [0.1, 0.15) is 41.9 Å². The van der Waals surface area contributed by atoms with E-state index in [1.54, 1.807) is 36.4 Å². The van der Waals surface area contributed by atoms with E-state index in [9.17, 15) is 14.4 Å². The summed E-state index contributed by atoms with van der Waals surface area (Å²) in [4.78, 5) is 39.7. The van der Waals surface area contributed by atoms with E-state index in [-0.39, 0.29) is 29.5 Å². The number of methoxy groups -OCH3 is 2. The predicted octanol–water partition coefficient (Wildman–Crippen LogP) is 2.90. The van der Waals surface area contributed by atoms with E-state index < -0.39 is 18.2 Å². The number of carbonyl (C=O) groups is 3. The van der Waals surface area contributed by atoms with Crippen molar-refractivity contribution < 1.29 is 33.3 Å². The zero-order valence-corrected chi connectivity index (χ0v) is 18.0. The number of likely N-dealkylation sites (tertiary alicyclic amines) is 1. The van der Waals surface area contributed by atoms with Gasteiger partial charge in [0.2, 0.25) is 18.0 Å². The highest BCUT2D eigenvalue weighted by molar-refractivity contribution is 6.01. The lowest BCUT2D eigenvalue weighted by Gasteiger charge is -2.29. The molecule has 4 rings (SSSR count). The summed E-state index contributed by atoms with van der Waals surface area (Å²) in [7, 11) is 2.89. The zero-order chi connectivity index (χ0) is 22.8. The highest BCUT2D eigenvalue weighted by Crippen LogP contribution is 2.45. The Morgan fingerprint density at radius 2 is 1.88 bits per heavy atom. The molecular formula is C23H24N2O7. The Labute approximate surface area is 185 Å². The van der Waals surface area contributed by atoms with Gasteiger partial charge in [0.1, 0.15) is 17.4 Å². The topological polar surface area (TPSA) is 103 Å². The molecule has 0 aromatic heterocycles. The van der Waals surface area contributed by atoms with E-state index in [0.29, 0.717) is 35.8 Å². The van der Waals surface area contributed by atoms with E-state index in [0.717, 1.165) is 0 Å². The first kappa shape index (κ1) is 21.5. The molecule has 0 aliphatic carbocycles. The lowest BCUT2D eigenvalue weighted by Crippen LogP contribution is -2.43. The molecule has 9 heteroatoms. The number of hydrogen-bond acceptors (Lipinski definition) is 7. The molecule has 2 heterocycles. The quantitative estimate of drug-likeness (QED) is 0.660. The van der Waals surface area contributed by atoms with E-state index in [4.69, 9.17) is 18.9 Å². The summed E-state index contributed by atoms with van der Waals surface area (Å²) in [5.41, 5.74) is 1.23. The minimum atomic E-state index is -1.01. The summed E-state index contributed by atoms with van der Waals surface area (Å²) >= 11 is 0. The van der Waals surface area contributed by atoms with E-state index in [2.05, 4.69) is 5.32 Å². The molecule has 1 N–H and O–H groups in total. The van der Waals surface area contributed by atoms with Gasteiger partial charge in [0.25, 0.3) is 0 Å². The van der Waals surface area contributed by atoms with E-state index >= 15 is 0 Å². The fourth-order valence-electron chi connectivity index (χ4n) is 4.07. The molecule has 1 saturated heterocycles. The summed E-state index contributed by atoms with van der Waals surface area (Å²) in [5, 5.41) is 2.83. The van der Waals surface area contributed by atoms with Crippen LogP contribution < -0.4 is 19.5 Å². The van der Waals surface area contributed by atoms with E-state index in [1.165, 1.54) is 19.1 Å². The molecule has 2 aliphatic heterocycles. The van der Waals surface area contributed by atoms with Gasteiger partial charge in [-0.15, -0.1) is 0 Å². The number of benzene rings is 2. The van der Waals surface area contributed by atoms with Crippen LogP contribution in [-0.4, -0.2) is 49.6 Å². The maximum absolute atomic E-state index is 13.0. The maximum Gasteiger partial charge on any atom is 0.344 e. The molecule has 0 saturated carbocycles. The van der Waals surface area contributed by atoms with Gasteiger partial charge in [-0.25, -0.2) is 4.79 Å². The maximum atomic E-state index is 13.0. The highest BCUT2D eigenvalue weighted by atomic mass is 16.6. The number of fused-ring (bicyclic) bond motifs is 1. The average Bonchev–Trinajstić information content (AvgIpc) is 3.34. The van der Waals surface area contributed by atoms with Crippen LogP contribution in [0, 0.1) is 0 Å². The minimum absolute atomic E-state index is 0.179. The van der Waals surface area contributed by atoms with Gasteiger partial charge in [-0.1, -0.05) is 0 Å². The third kappa shape index (κ3) is 3.70. The Bertz CT molecular complexity index is 1050. The molecule has 168 valence electrons. The monoisotopic (exact) mass is 440 g/mol. The summed E-state index contributed by atoms with van der Waals surface area (Å²) < 4.78 is 21.5. The number of cyclic esters (lactones) is 1. The fraction of sp³-hybridized carbons (Fsp3) is 0.348. The third-order valence-corrected chi connectivity index (χ3v) is 5.51. The van der Waals surface area contributed by atoms with E-state index in [1.807, 2.05) is 6.92 Å². The first-order valence-corrected chi connectivity index (χ1v) is 10.3. The molecule has 2 atom stereocenters. The second-order valence-corrected chi connectivity index (χ2v) is 7.33. The molecule has 32 heavy (non-hydrogen) atoms. The van der Waals surface area contributed by atoms with Crippen LogP contribution in [-0.2, 0) is 14.3 Å². The first-order valence-electron chi connectivity index (χ1n) is 10.3. The van der Waals surface area contributed by atoms with Crippen LogP contribution in [0.15, 0.2) is 36.4 Å². The van der Waals surface area contributed by atoms with Gasteiger partial charge >= 0.3 is 5.97 Å². The molecule has 0 bridgehead atoms. The van der Waals surface area contributed by atoms with Crippen molar-refractivity contribution in [2.75, 3.05) is 26.1 Å². The minimum Gasteiger partial charge on any atom is -0.494 e. The van der Waals surface area contributed by atoms with Gasteiger partial charge in [0.15, 0.2) is 11.5 Å². The van der Waals surface area contributed by atoms with Gasteiger partial charge in [0.05, 0.1) is 20.8 Å². The van der Waals surface area contributed by atoms with Crippen LogP contribution >= 0.6 is 0 Å². The number of anilines is 1. The molecular weight excluding hydrogens is 416 g/mol. The number of nitrogens with one attached hydrogen (secondary N) is 1. The van der Waals surface area contributed by atoms with Crippen molar-refractivity contribution in [3.8, 4) is 17.2 Å². The molecule has 9 nitrogen and oxygen atoms in total. The Morgan fingerprint density at radius 1 is 1.12 bits per heavy atom. The van der Waals surface area contributed by atoms with Crippen molar-refractivity contribution >= 4 is 23.5 Å². The Balaban J connectivity index is 1.59. The third-order valence-electron chi connectivity index (χ3n) is 5.51. The lowest BCUT2D eigenvalue weighted by molar-refractivity contribution is -0.144. The number of amides is 2. The van der Waals surface area contributed by atoms with Crippen molar-refractivity contribution in [1.29, 1.82) is 0 Å². The standard InChI is InChI=1S/C23H24N2O7/c1-4-31-14-7-5-13(6-8-14)24-21(27)16-10-12-18(26)25(16)22-15-9-11-17(29-2)20(30-3)19(15)23(28)32-22/h5-9,11,16,22H,4,10,12H2,1-3H3,(H,24,27)/t16-,22-/m1/s1. The van der Waals surface area contributed by atoms with Gasteiger partial charge in [-0.3, -0.25) is 14.5 Å². The molecule has 1 fully saturated rings. The molecule has 0 spiro atoms. The van der Waals surface area contributed by atoms with Crippen LogP contribution in [0.5, 0.6) is 17.2 Å². The fourth-order valence-corrected chi connectivity index (χ4v) is 4.07. The van der Waals surface area contributed by atoms with Crippen molar-refractivity contribution in [3.05, 3.63) is 47.5 Å². The zero-order valence-electron chi connectivity index (χ0n) is 18.0. The molecule has 2 aliphatic rings. The predicted molar refractivity (Wildman–Crippen MR) is 114 cm³/mol. The molecule has 2 aromatic carbocycles. The molecule has 2 aromatic rings. The number of hydrogen-bond donors (Lipinski definition) is 1. The normalized spacial score (nSPS) is 19.4. The number of ether oxygens (including phenoxy) is 4. The molecule has 0 unspecified atom stereocenters. The van der Waals surface area contributed by atoms with Crippen molar-refractivity contribution in [2.24, 2.45) is 0 Å². The SMILES string of the molecule is CCOc1ccc(NC(=O)[C@H]2CCC(=O)N2[C@@H]2OC(=O)c3c2ccc(OC)c3OC)cc1. The van der Waals surface area contributed by atoms with Crippen LogP contribution in [0.4, 0.5) is 5.69 Å².